The van der Waals surface area contributed by atoms with Crippen LogP contribution in [0, 0.1) is 6.92 Å². The van der Waals surface area contributed by atoms with E-state index in [0.717, 1.165) is 42.7 Å². The number of halogens is 1. The van der Waals surface area contributed by atoms with Crippen molar-refractivity contribution >= 4 is 60.5 Å². The molecule has 2 N–H and O–H groups in total. The van der Waals surface area contributed by atoms with E-state index in [-0.39, 0.29) is 0 Å². The highest BCUT2D eigenvalue weighted by molar-refractivity contribution is 9.10. The number of piperidine rings is 1. The monoisotopic (exact) mass is 629 g/mol. The van der Waals surface area contributed by atoms with E-state index in [1.54, 1.807) is 13.3 Å². The summed E-state index contributed by atoms with van der Waals surface area (Å²) in [6.07, 6.45) is 5.82. The van der Waals surface area contributed by atoms with Crippen LogP contribution in [-0.2, 0) is 16.4 Å². The summed E-state index contributed by atoms with van der Waals surface area (Å²) in [5.41, 5.74) is 5.39. The van der Waals surface area contributed by atoms with Gasteiger partial charge in [0.25, 0.3) is 0 Å². The molecule has 2 aliphatic heterocycles. The lowest BCUT2D eigenvalue weighted by atomic mass is 10.0. The SMILES string of the molecule is COc1cc(N2CCC(N(C)C)CC2)c(C)cc1Nc1ncc(Br)c(Nc2cccc3c2N(S(C)(=O)=O)CC3)n1. The number of aromatic nitrogens is 2. The predicted molar refractivity (Wildman–Crippen MR) is 165 cm³/mol. The van der Waals surface area contributed by atoms with Crippen molar-refractivity contribution in [2.45, 2.75) is 32.2 Å². The summed E-state index contributed by atoms with van der Waals surface area (Å²) in [4.78, 5) is 13.9. The quantitative estimate of drug-likeness (QED) is 0.360. The number of para-hydroxylation sites is 1. The topological polar surface area (TPSA) is 103 Å². The summed E-state index contributed by atoms with van der Waals surface area (Å²) in [6, 6.07) is 10.5. The standard InChI is InChI=1S/C28H36BrN7O3S/c1-18-15-23(25(39-4)16-24(18)35-12-10-20(11-13-35)34(2)3)32-28-30-17-21(29)27(33-28)31-22-8-6-7-19-9-14-36(26(19)22)40(5,37)38/h6-8,15-17,20H,9-14H2,1-5H3,(H2,30,31,32,33). The molecule has 0 aliphatic carbocycles. The van der Waals surface area contributed by atoms with Gasteiger partial charge in [-0.2, -0.15) is 4.98 Å². The fourth-order valence-corrected chi connectivity index (χ4v) is 6.79. The van der Waals surface area contributed by atoms with E-state index >= 15 is 0 Å². The predicted octanol–water partition coefficient (Wildman–Crippen LogP) is 4.90. The van der Waals surface area contributed by atoms with Gasteiger partial charge in [0.15, 0.2) is 0 Å². The van der Waals surface area contributed by atoms with Gasteiger partial charge in [0.2, 0.25) is 16.0 Å². The van der Waals surface area contributed by atoms with Gasteiger partial charge in [-0.05, 0) is 79.5 Å². The molecule has 0 unspecified atom stereocenters. The fraction of sp³-hybridized carbons (Fsp3) is 0.429. The molecule has 1 fully saturated rings. The highest BCUT2D eigenvalue weighted by Gasteiger charge is 2.29. The van der Waals surface area contributed by atoms with Gasteiger partial charge in [-0.1, -0.05) is 12.1 Å². The number of aryl methyl sites for hydroxylation is 1. The molecule has 5 rings (SSSR count). The van der Waals surface area contributed by atoms with Gasteiger partial charge in [0.1, 0.15) is 11.6 Å². The van der Waals surface area contributed by atoms with Crippen LogP contribution in [-0.4, -0.2) is 76.4 Å². The van der Waals surface area contributed by atoms with Crippen LogP contribution >= 0.6 is 15.9 Å². The Kier molecular flexibility index (Phi) is 8.12. The van der Waals surface area contributed by atoms with E-state index in [4.69, 9.17) is 9.72 Å². The van der Waals surface area contributed by atoms with E-state index in [0.29, 0.717) is 52.4 Å². The Morgan fingerprint density at radius 1 is 1.10 bits per heavy atom. The minimum atomic E-state index is -3.40. The third-order valence-corrected chi connectivity index (χ3v) is 9.40. The molecule has 3 aromatic rings. The molecule has 0 radical (unpaired) electrons. The van der Waals surface area contributed by atoms with Crippen LogP contribution in [0.15, 0.2) is 41.0 Å². The second-order valence-corrected chi connectivity index (χ2v) is 13.3. The highest BCUT2D eigenvalue weighted by Crippen LogP contribution is 2.40. The second-order valence-electron chi connectivity index (χ2n) is 10.6. The Hall–Kier alpha value is -3.09. The third-order valence-electron chi connectivity index (χ3n) is 7.65. The van der Waals surface area contributed by atoms with E-state index in [1.165, 1.54) is 16.2 Å². The number of hydrogen-bond donors (Lipinski definition) is 2. The molecule has 1 aromatic heterocycles. The van der Waals surface area contributed by atoms with E-state index < -0.39 is 10.0 Å². The Balaban J connectivity index is 1.39. The zero-order chi connectivity index (χ0) is 28.6. The number of anilines is 6. The highest BCUT2D eigenvalue weighted by atomic mass is 79.9. The number of ether oxygens (including phenoxy) is 1. The van der Waals surface area contributed by atoms with Crippen molar-refractivity contribution in [3.05, 3.63) is 52.1 Å². The van der Waals surface area contributed by atoms with Gasteiger partial charge in [-0.3, -0.25) is 4.31 Å². The average molecular weight is 631 g/mol. The average Bonchev–Trinajstić information content (AvgIpc) is 3.37. The summed E-state index contributed by atoms with van der Waals surface area (Å²) >= 11 is 3.53. The van der Waals surface area contributed by atoms with Crippen LogP contribution in [0.5, 0.6) is 5.75 Å². The molecule has 0 spiro atoms. The summed E-state index contributed by atoms with van der Waals surface area (Å²) < 4.78 is 32.7. The minimum absolute atomic E-state index is 0.385. The van der Waals surface area contributed by atoms with Crippen molar-refractivity contribution in [3.63, 3.8) is 0 Å². The Bertz CT molecular complexity index is 1510. The number of methoxy groups -OCH3 is 1. The van der Waals surface area contributed by atoms with Gasteiger partial charge in [-0.25, -0.2) is 13.4 Å². The molecule has 0 bridgehead atoms. The lowest BCUT2D eigenvalue weighted by Gasteiger charge is -2.37. The zero-order valence-corrected chi connectivity index (χ0v) is 25.9. The van der Waals surface area contributed by atoms with Gasteiger partial charge in [0, 0.05) is 43.6 Å². The molecule has 0 amide bonds. The van der Waals surface area contributed by atoms with Crippen molar-refractivity contribution in [3.8, 4) is 5.75 Å². The largest absolute Gasteiger partial charge is 0.494 e. The lowest BCUT2D eigenvalue weighted by molar-refractivity contribution is 0.249. The van der Waals surface area contributed by atoms with Gasteiger partial charge in [0.05, 0.1) is 34.9 Å². The molecule has 2 aromatic carbocycles. The molecule has 0 atom stereocenters. The van der Waals surface area contributed by atoms with Crippen LogP contribution in [0.25, 0.3) is 0 Å². The number of hydrogen-bond acceptors (Lipinski definition) is 9. The summed E-state index contributed by atoms with van der Waals surface area (Å²) in [5, 5.41) is 6.63. The number of sulfonamides is 1. The lowest BCUT2D eigenvalue weighted by Crippen LogP contribution is -2.42. The second kappa shape index (κ2) is 11.4. The number of fused-ring (bicyclic) bond motifs is 1. The number of nitrogens with one attached hydrogen (secondary N) is 2. The van der Waals surface area contributed by atoms with Crippen LogP contribution in [0.2, 0.25) is 0 Å². The third kappa shape index (κ3) is 5.84. The summed E-state index contributed by atoms with van der Waals surface area (Å²) in [5.74, 6) is 1.61. The van der Waals surface area contributed by atoms with E-state index in [1.807, 2.05) is 18.2 Å². The minimum Gasteiger partial charge on any atom is -0.494 e. The van der Waals surface area contributed by atoms with Crippen molar-refractivity contribution < 1.29 is 13.2 Å². The number of benzene rings is 2. The molecular formula is C28H36BrN7O3S. The molecule has 214 valence electrons. The normalized spacial score (nSPS) is 15.9. The van der Waals surface area contributed by atoms with Crippen molar-refractivity contribution in [2.75, 3.05) is 66.9 Å². The van der Waals surface area contributed by atoms with Crippen LogP contribution in [0.3, 0.4) is 0 Å². The smallest absolute Gasteiger partial charge is 0.232 e. The maximum Gasteiger partial charge on any atom is 0.232 e. The Morgan fingerprint density at radius 2 is 1.85 bits per heavy atom. The van der Waals surface area contributed by atoms with Crippen LogP contribution < -0.4 is 24.6 Å². The van der Waals surface area contributed by atoms with Crippen LogP contribution in [0.1, 0.15) is 24.0 Å². The maximum absolute atomic E-state index is 12.4. The molecule has 3 heterocycles. The molecule has 12 heteroatoms. The Morgan fingerprint density at radius 3 is 2.52 bits per heavy atom. The van der Waals surface area contributed by atoms with E-state index in [9.17, 15) is 8.42 Å². The van der Waals surface area contributed by atoms with E-state index in [2.05, 4.69) is 74.5 Å². The first kappa shape index (κ1) is 28.4. The number of nitrogens with zero attached hydrogens (tertiary/aromatic N) is 5. The molecule has 1 saturated heterocycles. The Labute approximate surface area is 244 Å². The molecular weight excluding hydrogens is 594 g/mol. The fourth-order valence-electron chi connectivity index (χ4n) is 5.52. The van der Waals surface area contributed by atoms with Gasteiger partial charge in [-0.15, -0.1) is 0 Å². The molecule has 10 nitrogen and oxygen atoms in total. The van der Waals surface area contributed by atoms with Crippen LogP contribution in [0.4, 0.5) is 34.5 Å². The summed E-state index contributed by atoms with van der Waals surface area (Å²) in [7, 11) is 2.56. The molecule has 2 aliphatic rings. The number of rotatable bonds is 8. The molecule has 0 saturated carbocycles. The zero-order valence-electron chi connectivity index (χ0n) is 23.5. The first-order valence-electron chi connectivity index (χ1n) is 13.3. The van der Waals surface area contributed by atoms with Gasteiger partial charge < -0.3 is 25.2 Å². The van der Waals surface area contributed by atoms with Gasteiger partial charge >= 0.3 is 0 Å². The first-order chi connectivity index (χ1) is 19.0. The van der Waals surface area contributed by atoms with Crippen molar-refractivity contribution in [2.24, 2.45) is 0 Å². The first-order valence-corrected chi connectivity index (χ1v) is 16.0. The van der Waals surface area contributed by atoms with Crippen molar-refractivity contribution in [1.29, 1.82) is 0 Å². The maximum atomic E-state index is 12.4. The molecule has 40 heavy (non-hydrogen) atoms. The van der Waals surface area contributed by atoms with Crippen molar-refractivity contribution in [1.82, 2.24) is 14.9 Å². The summed E-state index contributed by atoms with van der Waals surface area (Å²) in [6.45, 7) is 4.54.